The van der Waals surface area contributed by atoms with Crippen molar-refractivity contribution in [3.8, 4) is 29.6 Å². The summed E-state index contributed by atoms with van der Waals surface area (Å²) in [5.74, 6) is 2.13. The molecule has 2 aromatic carbocycles. The van der Waals surface area contributed by atoms with Gasteiger partial charge in [-0.1, -0.05) is 24.6 Å². The van der Waals surface area contributed by atoms with E-state index in [4.69, 9.17) is 20.1 Å². The Morgan fingerprint density at radius 3 is 2.35 bits per heavy atom. The van der Waals surface area contributed by atoms with Crippen molar-refractivity contribution in [2.45, 2.75) is 12.5 Å². The summed E-state index contributed by atoms with van der Waals surface area (Å²) < 4.78 is 38.8. The maximum atomic E-state index is 13.0. The van der Waals surface area contributed by atoms with Gasteiger partial charge in [-0.15, -0.1) is 6.42 Å². The van der Waals surface area contributed by atoms with Gasteiger partial charge in [0.2, 0.25) is 5.91 Å². The van der Waals surface area contributed by atoms with Gasteiger partial charge in [0.05, 0.1) is 31.7 Å². The number of amides is 2. The standard InChI is InChI=1S/C23H23BrN2O7S/c1-5-11-25-23(28)19(12-15-7-9-16(10-8-15)33-34(29,30)6-2)26-22(27)17-13-20(31-3)21(32-4)14-18(17)24/h1,6-10,13-14,19H,2,11-12H2,3-4H3,(H,25,28)(H,26,27)/t19-/m0/s1. The molecule has 0 saturated carbocycles. The molecule has 2 amide bonds. The first-order chi connectivity index (χ1) is 16.1. The van der Waals surface area contributed by atoms with Crippen molar-refractivity contribution < 1.29 is 31.7 Å². The van der Waals surface area contributed by atoms with Crippen molar-refractivity contribution in [3.05, 3.63) is 64.0 Å². The van der Waals surface area contributed by atoms with Crippen LogP contribution in [-0.2, 0) is 21.3 Å². The summed E-state index contributed by atoms with van der Waals surface area (Å²) in [6.07, 6.45) is 5.32. The van der Waals surface area contributed by atoms with Crippen LogP contribution in [0.4, 0.5) is 0 Å². The van der Waals surface area contributed by atoms with Crippen LogP contribution in [0.25, 0.3) is 0 Å². The molecule has 0 saturated heterocycles. The predicted octanol–water partition coefficient (Wildman–Crippen LogP) is 2.41. The molecule has 11 heteroatoms. The number of benzene rings is 2. The number of halogens is 1. The van der Waals surface area contributed by atoms with Crippen molar-refractivity contribution in [1.82, 2.24) is 10.6 Å². The zero-order valence-corrected chi connectivity index (χ0v) is 20.9. The molecule has 0 bridgehead atoms. The van der Waals surface area contributed by atoms with E-state index in [1.54, 1.807) is 18.2 Å². The Labute approximate surface area is 206 Å². The molecule has 9 nitrogen and oxygen atoms in total. The number of terminal acetylenes is 1. The minimum Gasteiger partial charge on any atom is -0.493 e. The highest BCUT2D eigenvalue weighted by Gasteiger charge is 2.24. The van der Waals surface area contributed by atoms with E-state index in [-0.39, 0.29) is 24.3 Å². The molecule has 0 radical (unpaired) electrons. The van der Waals surface area contributed by atoms with Crippen molar-refractivity contribution in [3.63, 3.8) is 0 Å². The minimum atomic E-state index is -3.89. The molecule has 2 aromatic rings. The second-order valence-corrected chi connectivity index (χ2v) is 9.07. The number of nitrogens with one attached hydrogen (secondary N) is 2. The summed E-state index contributed by atoms with van der Waals surface area (Å²) in [6, 6.07) is 8.10. The lowest BCUT2D eigenvalue weighted by Crippen LogP contribution is -2.48. The maximum absolute atomic E-state index is 13.0. The van der Waals surface area contributed by atoms with Gasteiger partial charge in [0.1, 0.15) is 11.8 Å². The Kier molecular flexibility index (Phi) is 9.53. The fourth-order valence-corrected chi connectivity index (χ4v) is 3.77. The van der Waals surface area contributed by atoms with Crippen LogP contribution in [0.1, 0.15) is 15.9 Å². The molecule has 0 aromatic heterocycles. The number of rotatable bonds is 11. The van der Waals surface area contributed by atoms with E-state index in [1.807, 2.05) is 0 Å². The normalized spacial score (nSPS) is 11.5. The van der Waals surface area contributed by atoms with Gasteiger partial charge >= 0.3 is 10.1 Å². The average Bonchev–Trinajstić information content (AvgIpc) is 2.82. The van der Waals surface area contributed by atoms with Crippen LogP contribution >= 0.6 is 15.9 Å². The van der Waals surface area contributed by atoms with E-state index in [0.717, 1.165) is 0 Å². The molecule has 34 heavy (non-hydrogen) atoms. The highest BCUT2D eigenvalue weighted by Crippen LogP contribution is 2.33. The van der Waals surface area contributed by atoms with Gasteiger partial charge < -0.3 is 24.3 Å². The largest absolute Gasteiger partial charge is 0.493 e. The van der Waals surface area contributed by atoms with Gasteiger partial charge in [0.15, 0.2) is 11.5 Å². The third-order valence-electron chi connectivity index (χ3n) is 4.48. The monoisotopic (exact) mass is 550 g/mol. The lowest BCUT2D eigenvalue weighted by atomic mass is 10.0. The molecule has 2 N–H and O–H groups in total. The number of hydrogen-bond acceptors (Lipinski definition) is 7. The number of hydrogen-bond donors (Lipinski definition) is 2. The first kappa shape index (κ1) is 26.8. The molecule has 0 aliphatic carbocycles. The third kappa shape index (κ3) is 7.26. The van der Waals surface area contributed by atoms with E-state index in [9.17, 15) is 18.0 Å². The predicted molar refractivity (Wildman–Crippen MR) is 130 cm³/mol. The molecular formula is C23H23BrN2O7S. The first-order valence-corrected chi connectivity index (χ1v) is 12.0. The summed E-state index contributed by atoms with van der Waals surface area (Å²) in [5.41, 5.74) is 0.863. The average molecular weight is 551 g/mol. The quantitative estimate of drug-likeness (QED) is 0.325. The third-order valence-corrected chi connectivity index (χ3v) is 5.97. The van der Waals surface area contributed by atoms with Gasteiger partial charge in [-0.25, -0.2) is 0 Å². The second kappa shape index (κ2) is 12.1. The van der Waals surface area contributed by atoms with Crippen LogP contribution in [0.5, 0.6) is 17.2 Å². The fourth-order valence-electron chi connectivity index (χ4n) is 2.82. The van der Waals surface area contributed by atoms with Crippen LogP contribution < -0.4 is 24.3 Å². The van der Waals surface area contributed by atoms with Crippen LogP contribution in [0.15, 0.2) is 52.9 Å². The zero-order valence-electron chi connectivity index (χ0n) is 18.5. The molecule has 0 unspecified atom stereocenters. The summed E-state index contributed by atoms with van der Waals surface area (Å²) in [4.78, 5) is 25.7. The maximum Gasteiger partial charge on any atom is 0.331 e. The Morgan fingerprint density at radius 1 is 1.18 bits per heavy atom. The molecule has 0 heterocycles. The molecule has 0 aliphatic rings. The molecule has 0 fully saturated rings. The Bertz CT molecular complexity index is 1210. The summed E-state index contributed by atoms with van der Waals surface area (Å²) in [7, 11) is -0.980. The molecule has 0 spiro atoms. The Balaban J connectivity index is 2.27. The molecule has 180 valence electrons. The number of carbonyl (C=O) groups excluding carboxylic acids is 2. The van der Waals surface area contributed by atoms with Crippen LogP contribution in [0, 0.1) is 12.3 Å². The topological polar surface area (TPSA) is 120 Å². The van der Waals surface area contributed by atoms with Gasteiger partial charge in [-0.05, 0) is 45.8 Å². The van der Waals surface area contributed by atoms with Crippen molar-refractivity contribution in [1.29, 1.82) is 0 Å². The van der Waals surface area contributed by atoms with E-state index in [1.165, 1.54) is 32.4 Å². The van der Waals surface area contributed by atoms with Crippen molar-refractivity contribution in [2.75, 3.05) is 20.8 Å². The van der Waals surface area contributed by atoms with E-state index < -0.39 is 28.0 Å². The van der Waals surface area contributed by atoms with Gasteiger partial charge in [0.25, 0.3) is 5.91 Å². The lowest BCUT2D eigenvalue weighted by molar-refractivity contribution is -0.122. The van der Waals surface area contributed by atoms with E-state index >= 15 is 0 Å². The van der Waals surface area contributed by atoms with E-state index in [0.29, 0.717) is 26.9 Å². The van der Waals surface area contributed by atoms with E-state index in [2.05, 4.69) is 39.1 Å². The van der Waals surface area contributed by atoms with Gasteiger partial charge in [-0.2, -0.15) is 8.42 Å². The van der Waals surface area contributed by atoms with Gasteiger partial charge in [-0.3, -0.25) is 9.59 Å². The van der Waals surface area contributed by atoms with Crippen molar-refractivity contribution >= 4 is 37.9 Å². The SMILES string of the molecule is C#CCNC(=O)[C@H](Cc1ccc(OS(=O)(=O)C=C)cc1)NC(=O)c1cc(OC)c(OC)cc1Br. The number of carbonyl (C=O) groups is 2. The Morgan fingerprint density at radius 2 is 1.79 bits per heavy atom. The summed E-state index contributed by atoms with van der Waals surface area (Å²) in [6.45, 7) is 3.16. The van der Waals surface area contributed by atoms with Crippen LogP contribution in [-0.4, -0.2) is 47.0 Å². The highest BCUT2D eigenvalue weighted by atomic mass is 79.9. The van der Waals surface area contributed by atoms with Crippen molar-refractivity contribution in [2.24, 2.45) is 0 Å². The smallest absolute Gasteiger partial charge is 0.331 e. The molecule has 0 aliphatic heterocycles. The zero-order chi connectivity index (χ0) is 25.3. The molecule has 1 atom stereocenters. The highest BCUT2D eigenvalue weighted by molar-refractivity contribution is 9.10. The fraction of sp³-hybridized carbons (Fsp3) is 0.217. The summed E-state index contributed by atoms with van der Waals surface area (Å²) in [5, 5.41) is 5.94. The molecular weight excluding hydrogens is 528 g/mol. The van der Waals surface area contributed by atoms with Crippen LogP contribution in [0.3, 0.4) is 0 Å². The first-order valence-electron chi connectivity index (χ1n) is 9.73. The lowest BCUT2D eigenvalue weighted by Gasteiger charge is -2.19. The Hall–Kier alpha value is -3.49. The molecule has 2 rings (SSSR count). The van der Waals surface area contributed by atoms with Crippen LogP contribution in [0.2, 0.25) is 0 Å². The number of ether oxygens (including phenoxy) is 2. The number of methoxy groups -OCH3 is 2. The van der Waals surface area contributed by atoms with Gasteiger partial charge in [0, 0.05) is 10.9 Å². The minimum absolute atomic E-state index is 0.0164. The summed E-state index contributed by atoms with van der Waals surface area (Å²) >= 11 is 3.33. The second-order valence-electron chi connectivity index (χ2n) is 6.73.